The minimum atomic E-state index is -4.61. The largest absolute Gasteiger partial charge is 0.452 e. The van der Waals surface area contributed by atoms with Crippen molar-refractivity contribution in [3.63, 3.8) is 0 Å². The first-order chi connectivity index (χ1) is 21.7. The van der Waals surface area contributed by atoms with E-state index in [2.05, 4.69) is 5.32 Å². The van der Waals surface area contributed by atoms with Gasteiger partial charge in [-0.05, 0) is 78.4 Å². The zero-order valence-electron chi connectivity index (χ0n) is 24.1. The van der Waals surface area contributed by atoms with Crippen molar-refractivity contribution in [2.45, 2.75) is 25.4 Å². The van der Waals surface area contributed by atoms with Gasteiger partial charge in [-0.3, -0.25) is 4.79 Å². The first-order valence-electron chi connectivity index (χ1n) is 14.6. The van der Waals surface area contributed by atoms with E-state index in [0.717, 1.165) is 29.7 Å². The summed E-state index contributed by atoms with van der Waals surface area (Å²) < 4.78 is 64.9. The Bertz CT molecular complexity index is 1780. The monoisotopic (exact) mass is 619 g/mol. The molecular weight excluding hydrogens is 590 g/mol. The summed E-state index contributed by atoms with van der Waals surface area (Å²) in [4.78, 5) is 33.3. The van der Waals surface area contributed by atoms with Gasteiger partial charge in [-0.1, -0.05) is 30.3 Å². The molecule has 232 valence electrons. The Hall–Kier alpha value is -4.77. The van der Waals surface area contributed by atoms with Crippen LogP contribution in [-0.2, 0) is 26.9 Å². The van der Waals surface area contributed by atoms with E-state index >= 15 is 0 Å². The molecule has 45 heavy (non-hydrogen) atoms. The average Bonchev–Trinajstić information content (AvgIpc) is 3.04. The molecule has 0 atom stereocenters. The van der Waals surface area contributed by atoms with Crippen LogP contribution in [0.5, 0.6) is 0 Å². The molecule has 1 N–H and O–H groups in total. The molecule has 1 aliphatic carbocycles. The van der Waals surface area contributed by atoms with Crippen molar-refractivity contribution in [1.82, 2.24) is 4.98 Å². The quantitative estimate of drug-likeness (QED) is 0.187. The molecule has 1 aromatic heterocycles. The standard InChI is InChI=1S/C34H29F4N3O4/c35-24-11-8-21(9-12-24)18-22-4-3-6-26-31(25-5-1-2-7-27(25)40-32(22)26)33(43)45-20-30(42)39-28-19-23(34(36,37)38)10-13-29(28)41-14-16-44-17-15-41/h1-2,5,7-13,18-19H,3-4,6,14-17,20H2,(H,39,42)/b22-18+. The van der Waals surface area contributed by atoms with E-state index < -0.39 is 30.2 Å². The maximum Gasteiger partial charge on any atom is 0.416 e. The van der Waals surface area contributed by atoms with Gasteiger partial charge in [-0.15, -0.1) is 0 Å². The number of hydrogen-bond donors (Lipinski definition) is 1. The summed E-state index contributed by atoms with van der Waals surface area (Å²) in [7, 11) is 0. The molecule has 11 heteroatoms. The highest BCUT2D eigenvalue weighted by molar-refractivity contribution is 6.07. The number of para-hydroxylation sites is 1. The van der Waals surface area contributed by atoms with Gasteiger partial charge in [0.15, 0.2) is 6.61 Å². The summed E-state index contributed by atoms with van der Waals surface area (Å²) in [5.41, 5.74) is 3.34. The fraction of sp³-hybridized carbons (Fsp3) is 0.265. The summed E-state index contributed by atoms with van der Waals surface area (Å²) >= 11 is 0. The van der Waals surface area contributed by atoms with Crippen LogP contribution in [0.4, 0.5) is 28.9 Å². The number of fused-ring (bicyclic) bond motifs is 2. The molecule has 1 saturated heterocycles. The Morgan fingerprint density at radius 1 is 1.00 bits per heavy atom. The van der Waals surface area contributed by atoms with Crippen LogP contribution in [0.1, 0.15) is 45.6 Å². The molecule has 7 nitrogen and oxygen atoms in total. The summed E-state index contributed by atoms with van der Waals surface area (Å²) in [5.74, 6) is -1.86. The molecule has 3 aromatic carbocycles. The molecule has 0 spiro atoms. The zero-order chi connectivity index (χ0) is 31.6. The highest BCUT2D eigenvalue weighted by atomic mass is 19.4. The van der Waals surface area contributed by atoms with Gasteiger partial charge < -0.3 is 19.7 Å². The Balaban J connectivity index is 1.27. The number of esters is 1. The molecule has 6 rings (SSSR count). The summed E-state index contributed by atoms with van der Waals surface area (Å²) in [6, 6.07) is 16.4. The fourth-order valence-corrected chi connectivity index (χ4v) is 5.75. The summed E-state index contributed by atoms with van der Waals surface area (Å²) in [6.07, 6.45) is -0.697. The van der Waals surface area contributed by atoms with Gasteiger partial charge in [-0.25, -0.2) is 14.2 Å². The Morgan fingerprint density at radius 3 is 2.51 bits per heavy atom. The van der Waals surface area contributed by atoms with Crippen LogP contribution in [-0.4, -0.2) is 49.8 Å². The molecule has 1 amide bonds. The van der Waals surface area contributed by atoms with E-state index in [9.17, 15) is 27.2 Å². The van der Waals surface area contributed by atoms with Gasteiger partial charge in [0.25, 0.3) is 5.91 Å². The Labute approximate surface area is 256 Å². The van der Waals surface area contributed by atoms with Crippen molar-refractivity contribution >= 4 is 45.8 Å². The molecule has 1 aliphatic heterocycles. The first-order valence-corrected chi connectivity index (χ1v) is 14.6. The Morgan fingerprint density at radius 2 is 1.76 bits per heavy atom. The molecular formula is C34H29F4N3O4. The van der Waals surface area contributed by atoms with E-state index in [1.54, 1.807) is 36.4 Å². The number of carbonyl (C=O) groups is 2. The molecule has 0 radical (unpaired) electrons. The van der Waals surface area contributed by atoms with E-state index in [4.69, 9.17) is 14.5 Å². The number of benzene rings is 3. The van der Waals surface area contributed by atoms with E-state index in [1.807, 2.05) is 11.0 Å². The van der Waals surface area contributed by atoms with Crippen molar-refractivity contribution in [2.75, 3.05) is 43.1 Å². The third kappa shape index (κ3) is 6.68. The average molecular weight is 620 g/mol. The lowest BCUT2D eigenvalue weighted by Crippen LogP contribution is -2.37. The normalized spacial score (nSPS) is 16.0. The smallest absolute Gasteiger partial charge is 0.416 e. The third-order valence-electron chi connectivity index (χ3n) is 7.87. The highest BCUT2D eigenvalue weighted by Crippen LogP contribution is 2.38. The fourth-order valence-electron chi connectivity index (χ4n) is 5.75. The van der Waals surface area contributed by atoms with Gasteiger partial charge >= 0.3 is 12.1 Å². The number of anilines is 2. The second-order valence-electron chi connectivity index (χ2n) is 10.9. The van der Waals surface area contributed by atoms with Crippen molar-refractivity contribution in [1.29, 1.82) is 0 Å². The van der Waals surface area contributed by atoms with E-state index in [1.165, 1.54) is 18.2 Å². The number of amides is 1. The molecule has 4 aromatic rings. The van der Waals surface area contributed by atoms with Gasteiger partial charge in [0.05, 0.1) is 46.9 Å². The van der Waals surface area contributed by atoms with Crippen LogP contribution in [0.3, 0.4) is 0 Å². The molecule has 0 unspecified atom stereocenters. The number of allylic oxidation sites excluding steroid dienone is 1. The lowest BCUT2D eigenvalue weighted by atomic mass is 9.86. The lowest BCUT2D eigenvalue weighted by Gasteiger charge is -2.31. The number of aromatic nitrogens is 1. The van der Waals surface area contributed by atoms with Crippen LogP contribution in [0.25, 0.3) is 22.6 Å². The molecule has 0 saturated carbocycles. The van der Waals surface area contributed by atoms with Crippen LogP contribution in [0.2, 0.25) is 0 Å². The molecule has 0 bridgehead atoms. The topological polar surface area (TPSA) is 80.8 Å². The van der Waals surface area contributed by atoms with Gasteiger partial charge in [0.2, 0.25) is 0 Å². The number of ether oxygens (including phenoxy) is 2. The molecule has 1 fully saturated rings. The minimum absolute atomic E-state index is 0.0323. The number of carbonyl (C=O) groups excluding carboxylic acids is 2. The zero-order valence-corrected chi connectivity index (χ0v) is 24.1. The predicted octanol–water partition coefficient (Wildman–Crippen LogP) is 6.90. The highest BCUT2D eigenvalue weighted by Gasteiger charge is 2.32. The molecule has 2 heterocycles. The summed E-state index contributed by atoms with van der Waals surface area (Å²) in [6.45, 7) is 0.984. The number of pyridine rings is 1. The van der Waals surface area contributed by atoms with Crippen molar-refractivity contribution < 1.29 is 36.6 Å². The number of nitrogens with zero attached hydrogens (tertiary/aromatic N) is 2. The summed E-state index contributed by atoms with van der Waals surface area (Å²) in [5, 5.41) is 3.08. The van der Waals surface area contributed by atoms with Crippen molar-refractivity contribution in [3.05, 3.63) is 100 Å². The van der Waals surface area contributed by atoms with E-state index in [0.29, 0.717) is 72.6 Å². The van der Waals surface area contributed by atoms with Crippen LogP contribution >= 0.6 is 0 Å². The number of alkyl halides is 3. The van der Waals surface area contributed by atoms with Crippen LogP contribution in [0, 0.1) is 5.82 Å². The number of rotatable bonds is 6. The van der Waals surface area contributed by atoms with E-state index in [-0.39, 0.29) is 11.5 Å². The minimum Gasteiger partial charge on any atom is -0.452 e. The lowest BCUT2D eigenvalue weighted by molar-refractivity contribution is -0.137. The van der Waals surface area contributed by atoms with Gasteiger partial charge in [-0.2, -0.15) is 13.2 Å². The maximum atomic E-state index is 13.6. The Kier molecular flexibility index (Phi) is 8.53. The number of hydrogen-bond acceptors (Lipinski definition) is 6. The number of halogens is 4. The van der Waals surface area contributed by atoms with Crippen LogP contribution < -0.4 is 10.2 Å². The van der Waals surface area contributed by atoms with Crippen molar-refractivity contribution in [3.8, 4) is 0 Å². The van der Waals surface area contributed by atoms with Gasteiger partial charge in [0, 0.05) is 18.5 Å². The van der Waals surface area contributed by atoms with Gasteiger partial charge in [0.1, 0.15) is 5.82 Å². The maximum absolute atomic E-state index is 13.6. The second kappa shape index (κ2) is 12.7. The SMILES string of the molecule is O=C(COC(=O)c1c2c(nc3ccccc13)/C(=C/c1ccc(F)cc1)CCC2)Nc1cc(C(F)(F)F)ccc1N1CCOCC1. The molecule has 2 aliphatic rings. The van der Waals surface area contributed by atoms with Crippen molar-refractivity contribution in [2.24, 2.45) is 0 Å². The number of nitrogens with one attached hydrogen (secondary N) is 1. The first kappa shape index (κ1) is 30.3. The van der Waals surface area contributed by atoms with Crippen LogP contribution in [0.15, 0.2) is 66.7 Å². The predicted molar refractivity (Wildman–Crippen MR) is 162 cm³/mol. The third-order valence-corrected chi connectivity index (χ3v) is 7.87. The second-order valence-corrected chi connectivity index (χ2v) is 10.9. The number of morpholine rings is 1.